The van der Waals surface area contributed by atoms with E-state index in [1.54, 1.807) is 0 Å². The van der Waals surface area contributed by atoms with Crippen LogP contribution in [0.3, 0.4) is 0 Å². The molecule has 2 rings (SSSR count). The predicted molar refractivity (Wildman–Crippen MR) is 64.2 cm³/mol. The second-order valence-corrected chi connectivity index (χ2v) is 3.60. The van der Waals surface area contributed by atoms with Gasteiger partial charge in [-0.3, -0.25) is 0 Å². The molecule has 1 heterocycles. The highest BCUT2D eigenvalue weighted by molar-refractivity contribution is 5.21. The van der Waals surface area contributed by atoms with E-state index in [0.29, 0.717) is 12.0 Å². The summed E-state index contributed by atoms with van der Waals surface area (Å²) in [6.07, 6.45) is 0.336. The van der Waals surface area contributed by atoms with Crippen LogP contribution in [-0.4, -0.2) is 19.2 Å². The zero-order valence-electron chi connectivity index (χ0n) is 9.86. The first-order valence-electron chi connectivity index (χ1n) is 5.78. The van der Waals surface area contributed by atoms with E-state index in [0.717, 1.165) is 18.8 Å². The van der Waals surface area contributed by atoms with Gasteiger partial charge in [-0.1, -0.05) is 39.0 Å². The Morgan fingerprint density at radius 2 is 1.80 bits per heavy atom. The first kappa shape index (κ1) is 12.1. The predicted octanol–water partition coefficient (Wildman–Crippen LogP) is 2.70. The highest BCUT2D eigenvalue weighted by Crippen LogP contribution is 2.17. The van der Waals surface area contributed by atoms with Crippen LogP contribution in [0.25, 0.3) is 0 Å². The molecule has 1 aliphatic rings. The summed E-state index contributed by atoms with van der Waals surface area (Å²) in [6.45, 7) is 8.25. The lowest BCUT2D eigenvalue weighted by Gasteiger charge is -2.16. The van der Waals surface area contributed by atoms with Crippen LogP contribution in [0.4, 0.5) is 0 Å². The Morgan fingerprint density at radius 1 is 1.13 bits per heavy atom. The molecule has 0 spiro atoms. The van der Waals surface area contributed by atoms with Crippen LogP contribution in [0.2, 0.25) is 0 Å². The molecule has 2 atom stereocenters. The van der Waals surface area contributed by atoms with Crippen molar-refractivity contribution in [1.82, 2.24) is 5.32 Å². The molecule has 1 fully saturated rings. The molecule has 0 radical (unpaired) electrons. The molecule has 0 bridgehead atoms. The maximum atomic E-state index is 5.83. The van der Waals surface area contributed by atoms with Gasteiger partial charge in [0.2, 0.25) is 0 Å². The van der Waals surface area contributed by atoms with Crippen molar-refractivity contribution in [2.45, 2.75) is 26.9 Å². The summed E-state index contributed by atoms with van der Waals surface area (Å²) >= 11 is 0. The molecular weight excluding hydrogens is 186 g/mol. The largest absolute Gasteiger partial charge is 0.489 e. The minimum Gasteiger partial charge on any atom is -0.489 e. The monoisotopic (exact) mass is 207 g/mol. The van der Waals surface area contributed by atoms with E-state index in [-0.39, 0.29) is 0 Å². The van der Waals surface area contributed by atoms with E-state index < -0.39 is 0 Å². The van der Waals surface area contributed by atoms with Crippen molar-refractivity contribution in [1.29, 1.82) is 0 Å². The molecule has 1 N–H and O–H groups in total. The van der Waals surface area contributed by atoms with Gasteiger partial charge < -0.3 is 10.1 Å². The molecule has 15 heavy (non-hydrogen) atoms. The maximum absolute atomic E-state index is 5.83. The number of para-hydroxylation sites is 1. The number of hydrogen-bond donors (Lipinski definition) is 1. The fourth-order valence-corrected chi connectivity index (χ4v) is 1.62. The van der Waals surface area contributed by atoms with Crippen LogP contribution in [0.1, 0.15) is 20.8 Å². The van der Waals surface area contributed by atoms with Crippen molar-refractivity contribution in [3.05, 3.63) is 30.3 Å². The van der Waals surface area contributed by atoms with Crippen LogP contribution in [0, 0.1) is 5.92 Å². The molecule has 1 aromatic rings. The van der Waals surface area contributed by atoms with E-state index in [1.165, 1.54) is 0 Å². The summed E-state index contributed by atoms with van der Waals surface area (Å²) in [6, 6.07) is 10.0. The lowest BCUT2D eigenvalue weighted by molar-refractivity contribution is 0.182. The summed E-state index contributed by atoms with van der Waals surface area (Å²) in [4.78, 5) is 0. The van der Waals surface area contributed by atoms with Gasteiger partial charge in [-0.25, -0.2) is 0 Å². The number of ether oxygens (including phenoxy) is 1. The number of benzene rings is 1. The second-order valence-electron chi connectivity index (χ2n) is 3.60. The highest BCUT2D eigenvalue weighted by Gasteiger charge is 2.24. The van der Waals surface area contributed by atoms with Crippen LogP contribution in [-0.2, 0) is 0 Å². The summed E-state index contributed by atoms with van der Waals surface area (Å²) in [7, 11) is 0. The molecule has 2 heteroatoms. The molecule has 0 aromatic heterocycles. The number of nitrogens with one attached hydrogen (secondary N) is 1. The quantitative estimate of drug-likeness (QED) is 0.805. The first-order chi connectivity index (χ1) is 7.36. The lowest BCUT2D eigenvalue weighted by Crippen LogP contribution is -2.23. The minimum atomic E-state index is 0.336. The summed E-state index contributed by atoms with van der Waals surface area (Å²) < 4.78 is 5.83. The van der Waals surface area contributed by atoms with Crippen molar-refractivity contribution in [2.75, 3.05) is 13.1 Å². The van der Waals surface area contributed by atoms with Gasteiger partial charge in [0, 0.05) is 19.0 Å². The van der Waals surface area contributed by atoms with E-state index in [9.17, 15) is 0 Å². The fourth-order valence-electron chi connectivity index (χ4n) is 1.62. The van der Waals surface area contributed by atoms with E-state index >= 15 is 0 Å². The van der Waals surface area contributed by atoms with E-state index in [1.807, 2.05) is 44.2 Å². The Balaban J connectivity index is 0.000000531. The molecule has 84 valence electrons. The van der Waals surface area contributed by atoms with Gasteiger partial charge in [-0.05, 0) is 12.1 Å². The molecule has 1 aliphatic heterocycles. The maximum Gasteiger partial charge on any atom is 0.119 e. The Labute approximate surface area is 92.6 Å². The molecule has 0 amide bonds. The fraction of sp³-hybridized carbons (Fsp3) is 0.538. The van der Waals surface area contributed by atoms with Gasteiger partial charge in [0.1, 0.15) is 11.9 Å². The van der Waals surface area contributed by atoms with Crippen LogP contribution < -0.4 is 10.1 Å². The zero-order valence-corrected chi connectivity index (χ0v) is 9.86. The van der Waals surface area contributed by atoms with Gasteiger partial charge in [0.05, 0.1) is 0 Å². The van der Waals surface area contributed by atoms with E-state index in [2.05, 4.69) is 12.2 Å². The SMILES string of the molecule is CC.CC1CNCC1Oc1ccccc1. The van der Waals surface area contributed by atoms with Gasteiger partial charge in [-0.15, -0.1) is 0 Å². The average Bonchev–Trinajstić information content (AvgIpc) is 2.69. The van der Waals surface area contributed by atoms with Crippen molar-refractivity contribution in [2.24, 2.45) is 5.92 Å². The third-order valence-corrected chi connectivity index (χ3v) is 2.48. The molecule has 1 saturated heterocycles. The van der Waals surface area contributed by atoms with Crippen molar-refractivity contribution >= 4 is 0 Å². The van der Waals surface area contributed by atoms with Crippen molar-refractivity contribution in [3.8, 4) is 5.75 Å². The molecular formula is C13H21NO. The Kier molecular flexibility index (Phi) is 5.19. The molecule has 0 aliphatic carbocycles. The molecule has 1 aromatic carbocycles. The van der Waals surface area contributed by atoms with Crippen LogP contribution >= 0.6 is 0 Å². The van der Waals surface area contributed by atoms with Gasteiger partial charge in [-0.2, -0.15) is 0 Å². The Morgan fingerprint density at radius 3 is 2.33 bits per heavy atom. The number of rotatable bonds is 2. The zero-order chi connectivity index (χ0) is 11.1. The smallest absolute Gasteiger partial charge is 0.119 e. The second kappa shape index (κ2) is 6.46. The average molecular weight is 207 g/mol. The molecule has 0 saturated carbocycles. The summed E-state index contributed by atoms with van der Waals surface area (Å²) in [5.74, 6) is 1.59. The molecule has 2 nitrogen and oxygen atoms in total. The Hall–Kier alpha value is -1.02. The summed E-state index contributed by atoms with van der Waals surface area (Å²) in [5.41, 5.74) is 0. The van der Waals surface area contributed by atoms with Gasteiger partial charge in [0.25, 0.3) is 0 Å². The molecule has 2 unspecified atom stereocenters. The standard InChI is InChI=1S/C11H15NO.C2H6/c1-9-7-12-8-11(9)13-10-5-3-2-4-6-10;1-2/h2-6,9,11-12H,7-8H2,1H3;1-2H3. The normalized spacial score (nSPS) is 24.2. The Bertz CT molecular complexity index is 260. The lowest BCUT2D eigenvalue weighted by atomic mass is 10.1. The third-order valence-electron chi connectivity index (χ3n) is 2.48. The highest BCUT2D eigenvalue weighted by atomic mass is 16.5. The third kappa shape index (κ3) is 3.56. The van der Waals surface area contributed by atoms with Crippen LogP contribution in [0.15, 0.2) is 30.3 Å². The van der Waals surface area contributed by atoms with E-state index in [4.69, 9.17) is 4.74 Å². The van der Waals surface area contributed by atoms with Gasteiger partial charge >= 0.3 is 0 Å². The summed E-state index contributed by atoms with van der Waals surface area (Å²) in [5, 5.41) is 3.32. The minimum absolute atomic E-state index is 0.336. The van der Waals surface area contributed by atoms with Crippen molar-refractivity contribution in [3.63, 3.8) is 0 Å². The van der Waals surface area contributed by atoms with Crippen molar-refractivity contribution < 1.29 is 4.74 Å². The first-order valence-corrected chi connectivity index (χ1v) is 5.78. The topological polar surface area (TPSA) is 21.3 Å². The van der Waals surface area contributed by atoms with Gasteiger partial charge in [0.15, 0.2) is 0 Å². The van der Waals surface area contributed by atoms with Crippen LogP contribution in [0.5, 0.6) is 5.75 Å². The number of hydrogen-bond acceptors (Lipinski definition) is 2.